The van der Waals surface area contributed by atoms with E-state index < -0.39 is 0 Å². The summed E-state index contributed by atoms with van der Waals surface area (Å²) in [6.07, 6.45) is 0. The third kappa shape index (κ3) is 3.16. The predicted molar refractivity (Wildman–Crippen MR) is 72.9 cm³/mol. The van der Waals surface area contributed by atoms with Gasteiger partial charge in [0.1, 0.15) is 17.3 Å². The molecule has 0 fully saturated rings. The summed E-state index contributed by atoms with van der Waals surface area (Å²) in [5.74, 6) is -0.270. The van der Waals surface area contributed by atoms with E-state index in [4.69, 9.17) is 0 Å². The van der Waals surface area contributed by atoms with Crippen LogP contribution in [0.4, 0.5) is 10.1 Å². The summed E-state index contributed by atoms with van der Waals surface area (Å²) >= 11 is 0. The van der Waals surface area contributed by atoms with Crippen molar-refractivity contribution in [2.75, 3.05) is 5.32 Å². The van der Waals surface area contributed by atoms with Gasteiger partial charge in [0.2, 0.25) is 0 Å². The van der Waals surface area contributed by atoms with Crippen LogP contribution >= 0.6 is 0 Å². The van der Waals surface area contributed by atoms with Crippen LogP contribution in [0.5, 0.6) is 11.5 Å². The summed E-state index contributed by atoms with van der Waals surface area (Å²) in [7, 11) is 0. The summed E-state index contributed by atoms with van der Waals surface area (Å²) in [5.41, 5.74) is 1.96. The van der Waals surface area contributed by atoms with Gasteiger partial charge in [0.15, 0.2) is 0 Å². The van der Waals surface area contributed by atoms with E-state index in [1.54, 1.807) is 31.2 Å². The number of aromatic hydroxyl groups is 2. The fourth-order valence-corrected chi connectivity index (χ4v) is 1.88. The lowest BCUT2D eigenvalue weighted by molar-refractivity contribution is 0.448. The first-order valence-electron chi connectivity index (χ1n) is 6.01. The molecule has 0 bridgehead atoms. The third-order valence-corrected chi connectivity index (χ3v) is 2.98. The normalized spacial score (nSPS) is 12.2. The van der Waals surface area contributed by atoms with Gasteiger partial charge in [-0.1, -0.05) is 6.07 Å². The standard InChI is InChI=1S/C15H16FNO2/c1-9-3-4-12(7-15(9)16)17-10(2)11-5-13(18)8-14(19)6-11/h3-8,10,17-19H,1-2H3. The van der Waals surface area contributed by atoms with E-state index in [2.05, 4.69) is 5.32 Å². The molecule has 2 rings (SSSR count). The van der Waals surface area contributed by atoms with Crippen molar-refractivity contribution >= 4 is 5.69 Å². The average Bonchev–Trinajstić information content (AvgIpc) is 2.32. The van der Waals surface area contributed by atoms with Crippen molar-refractivity contribution in [2.24, 2.45) is 0 Å². The number of anilines is 1. The van der Waals surface area contributed by atoms with Gasteiger partial charge >= 0.3 is 0 Å². The zero-order chi connectivity index (χ0) is 14.0. The maximum atomic E-state index is 13.4. The number of benzene rings is 2. The smallest absolute Gasteiger partial charge is 0.128 e. The Morgan fingerprint density at radius 1 is 1.05 bits per heavy atom. The number of hydrogen-bond acceptors (Lipinski definition) is 3. The summed E-state index contributed by atoms with van der Waals surface area (Å²) in [6.45, 7) is 3.57. The van der Waals surface area contributed by atoms with Crippen LogP contribution in [0.2, 0.25) is 0 Å². The van der Waals surface area contributed by atoms with Crippen LogP contribution in [0.25, 0.3) is 0 Å². The van der Waals surface area contributed by atoms with Gasteiger partial charge in [0, 0.05) is 17.8 Å². The lowest BCUT2D eigenvalue weighted by Gasteiger charge is -2.16. The van der Waals surface area contributed by atoms with Crippen LogP contribution in [0.1, 0.15) is 24.1 Å². The number of phenolic OH excluding ortho intramolecular Hbond substituents is 2. The molecule has 0 aromatic heterocycles. The molecule has 0 amide bonds. The van der Waals surface area contributed by atoms with E-state index in [1.807, 2.05) is 6.92 Å². The molecular formula is C15H16FNO2. The van der Waals surface area contributed by atoms with E-state index in [1.165, 1.54) is 12.1 Å². The lowest BCUT2D eigenvalue weighted by Crippen LogP contribution is -2.06. The van der Waals surface area contributed by atoms with Gasteiger partial charge in [-0.15, -0.1) is 0 Å². The Hall–Kier alpha value is -2.23. The van der Waals surface area contributed by atoms with Crippen molar-refractivity contribution in [3.63, 3.8) is 0 Å². The Bertz CT molecular complexity index is 578. The fourth-order valence-electron chi connectivity index (χ4n) is 1.88. The summed E-state index contributed by atoms with van der Waals surface area (Å²) < 4.78 is 13.4. The molecule has 0 aliphatic rings. The number of hydrogen-bond donors (Lipinski definition) is 3. The molecule has 0 aliphatic heterocycles. The minimum Gasteiger partial charge on any atom is -0.508 e. The van der Waals surface area contributed by atoms with Crippen molar-refractivity contribution < 1.29 is 14.6 Å². The van der Waals surface area contributed by atoms with Gasteiger partial charge in [0.05, 0.1) is 0 Å². The molecule has 19 heavy (non-hydrogen) atoms. The SMILES string of the molecule is Cc1ccc(NC(C)c2cc(O)cc(O)c2)cc1F. The number of aryl methyl sites for hydroxylation is 1. The van der Waals surface area contributed by atoms with Crippen molar-refractivity contribution in [2.45, 2.75) is 19.9 Å². The molecule has 2 aromatic rings. The van der Waals surface area contributed by atoms with Crippen molar-refractivity contribution in [1.29, 1.82) is 0 Å². The molecule has 3 N–H and O–H groups in total. The van der Waals surface area contributed by atoms with E-state index in [-0.39, 0.29) is 23.4 Å². The highest BCUT2D eigenvalue weighted by molar-refractivity contribution is 5.48. The lowest BCUT2D eigenvalue weighted by atomic mass is 10.1. The van der Waals surface area contributed by atoms with Crippen molar-refractivity contribution in [3.8, 4) is 11.5 Å². The second-order valence-corrected chi connectivity index (χ2v) is 4.61. The number of halogens is 1. The van der Waals surface area contributed by atoms with Crippen LogP contribution < -0.4 is 5.32 Å². The fraction of sp³-hybridized carbons (Fsp3) is 0.200. The molecule has 4 heteroatoms. The highest BCUT2D eigenvalue weighted by Crippen LogP contribution is 2.27. The van der Waals surface area contributed by atoms with Gasteiger partial charge in [-0.05, 0) is 49.2 Å². The van der Waals surface area contributed by atoms with E-state index in [0.717, 1.165) is 5.56 Å². The molecule has 2 aromatic carbocycles. The third-order valence-electron chi connectivity index (χ3n) is 2.98. The van der Waals surface area contributed by atoms with Crippen LogP contribution in [-0.4, -0.2) is 10.2 Å². The topological polar surface area (TPSA) is 52.5 Å². The molecule has 0 aliphatic carbocycles. The quantitative estimate of drug-likeness (QED) is 0.789. The Morgan fingerprint density at radius 2 is 1.68 bits per heavy atom. The van der Waals surface area contributed by atoms with E-state index in [0.29, 0.717) is 11.3 Å². The first-order valence-corrected chi connectivity index (χ1v) is 6.01. The van der Waals surface area contributed by atoms with Gasteiger partial charge < -0.3 is 15.5 Å². The minimum atomic E-state index is -0.268. The van der Waals surface area contributed by atoms with Crippen LogP contribution in [0.3, 0.4) is 0 Å². The van der Waals surface area contributed by atoms with Crippen LogP contribution in [0.15, 0.2) is 36.4 Å². The van der Waals surface area contributed by atoms with Gasteiger partial charge in [-0.3, -0.25) is 0 Å². The molecule has 3 nitrogen and oxygen atoms in total. The Kier molecular flexibility index (Phi) is 3.60. The second-order valence-electron chi connectivity index (χ2n) is 4.61. The maximum absolute atomic E-state index is 13.4. The first kappa shape index (κ1) is 13.2. The first-order chi connectivity index (χ1) is 8.95. The molecule has 0 saturated carbocycles. The molecule has 1 atom stereocenters. The molecule has 1 unspecified atom stereocenters. The monoisotopic (exact) mass is 261 g/mol. The highest BCUT2D eigenvalue weighted by atomic mass is 19.1. The van der Waals surface area contributed by atoms with Gasteiger partial charge in [-0.2, -0.15) is 0 Å². The minimum absolute atomic E-state index is 0.00117. The molecule has 0 heterocycles. The van der Waals surface area contributed by atoms with Crippen LogP contribution in [-0.2, 0) is 0 Å². The largest absolute Gasteiger partial charge is 0.508 e. The molecule has 0 saturated heterocycles. The van der Waals surface area contributed by atoms with Gasteiger partial charge in [0.25, 0.3) is 0 Å². The molecule has 100 valence electrons. The second kappa shape index (κ2) is 5.18. The number of rotatable bonds is 3. The number of nitrogens with one attached hydrogen (secondary N) is 1. The van der Waals surface area contributed by atoms with Crippen molar-refractivity contribution in [1.82, 2.24) is 0 Å². The van der Waals surface area contributed by atoms with Crippen molar-refractivity contribution in [3.05, 3.63) is 53.3 Å². The average molecular weight is 261 g/mol. The molecule has 0 spiro atoms. The zero-order valence-electron chi connectivity index (χ0n) is 10.8. The number of phenols is 2. The highest BCUT2D eigenvalue weighted by Gasteiger charge is 2.09. The predicted octanol–water partition coefficient (Wildman–Crippen LogP) is 3.72. The summed E-state index contributed by atoms with van der Waals surface area (Å²) in [6, 6.07) is 9.13. The maximum Gasteiger partial charge on any atom is 0.128 e. The Morgan fingerprint density at radius 3 is 2.26 bits per heavy atom. The molecular weight excluding hydrogens is 245 g/mol. The summed E-state index contributed by atoms with van der Waals surface area (Å²) in [5, 5.41) is 22.0. The Balaban J connectivity index is 2.20. The van der Waals surface area contributed by atoms with Gasteiger partial charge in [-0.25, -0.2) is 4.39 Å². The Labute approximate surface area is 111 Å². The van der Waals surface area contributed by atoms with Crippen LogP contribution in [0, 0.1) is 12.7 Å². The van der Waals surface area contributed by atoms with E-state index >= 15 is 0 Å². The zero-order valence-corrected chi connectivity index (χ0v) is 10.8. The summed E-state index contributed by atoms with van der Waals surface area (Å²) in [4.78, 5) is 0. The van der Waals surface area contributed by atoms with E-state index in [9.17, 15) is 14.6 Å². The molecule has 0 radical (unpaired) electrons.